The van der Waals surface area contributed by atoms with E-state index in [4.69, 9.17) is 0 Å². The summed E-state index contributed by atoms with van der Waals surface area (Å²) < 4.78 is 0. The minimum Gasteiger partial charge on any atom is -0.511 e. The van der Waals surface area contributed by atoms with Crippen LogP contribution in [0.4, 0.5) is 0 Å². The number of para-hydroxylation sites is 2. The Hall–Kier alpha value is -2.43. The number of H-pyrrole nitrogens is 1. The van der Waals surface area contributed by atoms with E-state index in [1.165, 1.54) is 6.92 Å². The van der Waals surface area contributed by atoms with Gasteiger partial charge in [-0.2, -0.15) is 0 Å². The minimum absolute atomic E-state index is 0.129. The number of aromatic amines is 1. The number of aliphatic hydroxyl groups is 1. The molecule has 0 unspecified atom stereocenters. The predicted molar refractivity (Wildman–Crippen MR) is 81.4 cm³/mol. The molecule has 0 radical (unpaired) electrons. The second kappa shape index (κ2) is 5.52. The molecule has 1 aliphatic carbocycles. The largest absolute Gasteiger partial charge is 0.511 e. The van der Waals surface area contributed by atoms with Gasteiger partial charge in [-0.25, -0.2) is 4.98 Å². The fourth-order valence-corrected chi connectivity index (χ4v) is 2.66. The summed E-state index contributed by atoms with van der Waals surface area (Å²) in [6.07, 6.45) is 2.10. The van der Waals surface area contributed by atoms with Crippen LogP contribution in [0.1, 0.15) is 32.0 Å². The molecule has 0 spiro atoms. The summed E-state index contributed by atoms with van der Waals surface area (Å²) >= 11 is 0. The van der Waals surface area contributed by atoms with E-state index in [0.29, 0.717) is 24.3 Å². The Morgan fingerprint density at radius 1 is 1.38 bits per heavy atom. The Morgan fingerprint density at radius 3 is 2.95 bits per heavy atom. The number of nitrogens with zero attached hydrogens (tertiary/aromatic N) is 2. The highest BCUT2D eigenvalue weighted by atomic mass is 16.3. The second-order valence-corrected chi connectivity index (χ2v) is 5.20. The van der Waals surface area contributed by atoms with Gasteiger partial charge in [-0.3, -0.25) is 9.79 Å². The lowest BCUT2D eigenvalue weighted by Crippen LogP contribution is -2.18. The maximum absolute atomic E-state index is 11.6. The number of rotatable bonds is 3. The molecule has 1 heterocycles. The van der Waals surface area contributed by atoms with Crippen LogP contribution in [-0.2, 0) is 11.3 Å². The van der Waals surface area contributed by atoms with Crippen molar-refractivity contribution in [3.05, 3.63) is 41.4 Å². The Morgan fingerprint density at radius 2 is 2.19 bits per heavy atom. The SMILES string of the molecule is CC(=O)C1=C(O)CCCC1=NCc1nc2ccccc2[nH]1. The summed E-state index contributed by atoms with van der Waals surface area (Å²) in [6.45, 7) is 1.85. The van der Waals surface area contributed by atoms with Crippen molar-refractivity contribution in [2.75, 3.05) is 0 Å². The minimum atomic E-state index is -0.129. The molecule has 2 aromatic rings. The lowest BCUT2D eigenvalue weighted by atomic mass is 9.93. The molecule has 1 aromatic carbocycles. The number of aromatic nitrogens is 2. The highest BCUT2D eigenvalue weighted by molar-refractivity contribution is 6.22. The van der Waals surface area contributed by atoms with Gasteiger partial charge in [0.1, 0.15) is 11.6 Å². The molecule has 2 N–H and O–H groups in total. The van der Waals surface area contributed by atoms with Crippen molar-refractivity contribution in [1.82, 2.24) is 9.97 Å². The van der Waals surface area contributed by atoms with E-state index in [9.17, 15) is 9.90 Å². The summed E-state index contributed by atoms with van der Waals surface area (Å²) in [6, 6.07) is 7.79. The van der Waals surface area contributed by atoms with Crippen molar-refractivity contribution in [3.63, 3.8) is 0 Å². The molecular formula is C16H17N3O2. The number of hydrogen-bond donors (Lipinski definition) is 2. The number of carbonyl (C=O) groups excluding carboxylic acids is 1. The van der Waals surface area contributed by atoms with Crippen LogP contribution in [0.25, 0.3) is 11.0 Å². The molecule has 0 fully saturated rings. The summed E-state index contributed by atoms with van der Waals surface area (Å²) in [7, 11) is 0. The van der Waals surface area contributed by atoms with Crippen molar-refractivity contribution >= 4 is 22.5 Å². The number of ketones is 1. The van der Waals surface area contributed by atoms with Crippen LogP contribution >= 0.6 is 0 Å². The van der Waals surface area contributed by atoms with Crippen molar-refractivity contribution in [3.8, 4) is 0 Å². The molecule has 5 heteroatoms. The van der Waals surface area contributed by atoms with Crippen molar-refractivity contribution in [2.45, 2.75) is 32.7 Å². The zero-order chi connectivity index (χ0) is 14.8. The van der Waals surface area contributed by atoms with Crippen LogP contribution < -0.4 is 0 Å². The van der Waals surface area contributed by atoms with Gasteiger partial charge in [0.05, 0.1) is 23.2 Å². The number of hydrogen-bond acceptors (Lipinski definition) is 4. The first kappa shape index (κ1) is 13.5. The first-order valence-corrected chi connectivity index (χ1v) is 7.05. The van der Waals surface area contributed by atoms with E-state index in [0.717, 1.165) is 29.7 Å². The van der Waals surface area contributed by atoms with E-state index < -0.39 is 0 Å². The number of nitrogens with one attached hydrogen (secondary N) is 1. The first-order chi connectivity index (χ1) is 10.1. The van der Waals surface area contributed by atoms with Gasteiger partial charge in [-0.1, -0.05) is 12.1 Å². The maximum atomic E-state index is 11.6. The van der Waals surface area contributed by atoms with Crippen LogP contribution in [0.15, 0.2) is 40.6 Å². The monoisotopic (exact) mass is 283 g/mol. The number of fused-ring (bicyclic) bond motifs is 1. The van der Waals surface area contributed by atoms with Gasteiger partial charge in [0.15, 0.2) is 5.78 Å². The number of benzene rings is 1. The highest BCUT2D eigenvalue weighted by Gasteiger charge is 2.21. The van der Waals surface area contributed by atoms with Crippen LogP contribution in [0.3, 0.4) is 0 Å². The number of Topliss-reactive ketones (excluding diaryl/α,β-unsaturated/α-hetero) is 1. The van der Waals surface area contributed by atoms with Gasteiger partial charge in [0, 0.05) is 12.1 Å². The Bertz CT molecular complexity index is 723. The molecule has 5 nitrogen and oxygen atoms in total. The van der Waals surface area contributed by atoms with Gasteiger partial charge in [-0.15, -0.1) is 0 Å². The molecule has 0 aliphatic heterocycles. The van der Waals surface area contributed by atoms with E-state index in [1.54, 1.807) is 0 Å². The summed E-state index contributed by atoms with van der Waals surface area (Å²) in [5.41, 5.74) is 2.95. The van der Waals surface area contributed by atoms with Gasteiger partial charge in [-0.05, 0) is 31.9 Å². The number of aliphatic hydroxyl groups excluding tert-OH is 1. The molecule has 0 saturated heterocycles. The third-order valence-electron chi connectivity index (χ3n) is 3.61. The van der Waals surface area contributed by atoms with Crippen LogP contribution in [0.2, 0.25) is 0 Å². The van der Waals surface area contributed by atoms with Gasteiger partial charge < -0.3 is 10.1 Å². The van der Waals surface area contributed by atoms with E-state index in [2.05, 4.69) is 15.0 Å². The molecule has 108 valence electrons. The quantitative estimate of drug-likeness (QED) is 0.908. The van der Waals surface area contributed by atoms with Crippen molar-refractivity contribution in [1.29, 1.82) is 0 Å². The average molecular weight is 283 g/mol. The summed E-state index contributed by atoms with van der Waals surface area (Å²) in [5, 5.41) is 9.88. The van der Waals surface area contributed by atoms with Gasteiger partial charge in [0.2, 0.25) is 0 Å². The Labute approximate surface area is 122 Å². The number of imidazole rings is 1. The number of allylic oxidation sites excluding steroid dienone is 2. The lowest BCUT2D eigenvalue weighted by molar-refractivity contribution is -0.113. The topological polar surface area (TPSA) is 78.3 Å². The summed E-state index contributed by atoms with van der Waals surface area (Å²) in [5.74, 6) is 0.796. The number of aliphatic imine (C=N–C) groups is 1. The molecule has 3 rings (SSSR count). The normalized spacial score (nSPS) is 17.7. The van der Waals surface area contributed by atoms with Gasteiger partial charge >= 0.3 is 0 Å². The lowest BCUT2D eigenvalue weighted by Gasteiger charge is -2.16. The molecule has 0 saturated carbocycles. The smallest absolute Gasteiger partial charge is 0.164 e. The first-order valence-electron chi connectivity index (χ1n) is 7.05. The maximum Gasteiger partial charge on any atom is 0.164 e. The molecule has 21 heavy (non-hydrogen) atoms. The highest BCUT2D eigenvalue weighted by Crippen LogP contribution is 2.22. The molecule has 1 aliphatic rings. The van der Waals surface area contributed by atoms with E-state index >= 15 is 0 Å². The van der Waals surface area contributed by atoms with Crippen LogP contribution in [-0.4, -0.2) is 26.6 Å². The van der Waals surface area contributed by atoms with E-state index in [-0.39, 0.29) is 11.5 Å². The molecular weight excluding hydrogens is 266 g/mol. The number of carbonyl (C=O) groups is 1. The fourth-order valence-electron chi connectivity index (χ4n) is 2.66. The third-order valence-corrected chi connectivity index (χ3v) is 3.61. The third kappa shape index (κ3) is 2.72. The van der Waals surface area contributed by atoms with Crippen LogP contribution in [0.5, 0.6) is 0 Å². The zero-order valence-electron chi connectivity index (χ0n) is 11.9. The standard InChI is InChI=1S/C16H17N3O2/c1-10(20)16-13(7-4-8-14(16)21)17-9-15-18-11-5-2-3-6-12(11)19-15/h2-3,5-6,21H,4,7-9H2,1H3,(H,18,19). The Kier molecular flexibility index (Phi) is 3.56. The van der Waals surface area contributed by atoms with Gasteiger partial charge in [0.25, 0.3) is 0 Å². The molecule has 0 bridgehead atoms. The predicted octanol–water partition coefficient (Wildman–Crippen LogP) is 3.09. The van der Waals surface area contributed by atoms with Crippen LogP contribution in [0, 0.1) is 0 Å². The molecule has 0 atom stereocenters. The van der Waals surface area contributed by atoms with Crippen molar-refractivity contribution < 1.29 is 9.90 Å². The second-order valence-electron chi connectivity index (χ2n) is 5.20. The average Bonchev–Trinajstić information content (AvgIpc) is 2.87. The Balaban J connectivity index is 1.87. The van der Waals surface area contributed by atoms with Crippen molar-refractivity contribution in [2.24, 2.45) is 4.99 Å². The summed E-state index contributed by atoms with van der Waals surface area (Å²) in [4.78, 5) is 23.8. The molecule has 1 aromatic heterocycles. The zero-order valence-corrected chi connectivity index (χ0v) is 11.9. The van der Waals surface area contributed by atoms with E-state index in [1.807, 2.05) is 24.3 Å². The molecule has 0 amide bonds. The fraction of sp³-hybridized carbons (Fsp3) is 0.312.